The molecule has 0 atom stereocenters. The van der Waals surface area contributed by atoms with Crippen LogP contribution >= 0.6 is 23.1 Å². The van der Waals surface area contributed by atoms with Crippen LogP contribution in [-0.4, -0.2) is 24.1 Å². The second kappa shape index (κ2) is 6.17. The van der Waals surface area contributed by atoms with Crippen LogP contribution in [-0.2, 0) is 5.75 Å². The monoisotopic (exact) mass is 359 g/mol. The number of halogens is 1. The minimum atomic E-state index is -0.351. The van der Waals surface area contributed by atoms with E-state index in [9.17, 15) is 9.18 Å². The number of hydrogen-bond acceptors (Lipinski definition) is 6. The number of rotatable bonds is 4. The number of nitrogens with zero attached hydrogens (tertiary/aromatic N) is 5. The summed E-state index contributed by atoms with van der Waals surface area (Å²) >= 11 is 2.75. The first-order chi connectivity index (χ1) is 11.7. The van der Waals surface area contributed by atoms with Crippen molar-refractivity contribution in [2.24, 2.45) is 0 Å². The molecule has 0 saturated carbocycles. The highest BCUT2D eigenvalue weighted by molar-refractivity contribution is 7.98. The van der Waals surface area contributed by atoms with Crippen LogP contribution in [0.25, 0.3) is 10.6 Å². The molecule has 0 aliphatic rings. The first kappa shape index (κ1) is 15.0. The van der Waals surface area contributed by atoms with Gasteiger partial charge in [-0.1, -0.05) is 23.9 Å². The number of fused-ring (bicyclic) bond motifs is 1. The third-order valence-corrected chi connectivity index (χ3v) is 5.07. The quantitative estimate of drug-likeness (QED) is 0.524. The Kier molecular flexibility index (Phi) is 3.87. The Hall–Kier alpha value is -2.52. The molecule has 9 heteroatoms. The number of hydrogen-bond donors (Lipinski definition) is 0. The van der Waals surface area contributed by atoms with Gasteiger partial charge in [-0.3, -0.25) is 13.8 Å². The summed E-state index contributed by atoms with van der Waals surface area (Å²) < 4.78 is 17.0. The third-order valence-electron chi connectivity index (χ3n) is 3.33. The fourth-order valence-corrected chi connectivity index (χ4v) is 3.79. The normalized spacial score (nSPS) is 11.2. The molecule has 3 heterocycles. The predicted octanol–water partition coefficient (Wildman–Crippen LogP) is 2.77. The van der Waals surface area contributed by atoms with Crippen LogP contribution in [0.3, 0.4) is 0 Å². The van der Waals surface area contributed by atoms with E-state index in [-0.39, 0.29) is 11.4 Å². The van der Waals surface area contributed by atoms with E-state index in [2.05, 4.69) is 15.2 Å². The van der Waals surface area contributed by atoms with Gasteiger partial charge in [0.25, 0.3) is 5.56 Å². The highest BCUT2D eigenvalue weighted by Crippen LogP contribution is 2.24. The lowest BCUT2D eigenvalue weighted by molar-refractivity contribution is 0.613. The molecule has 6 nitrogen and oxygen atoms in total. The van der Waals surface area contributed by atoms with Crippen molar-refractivity contribution in [2.45, 2.75) is 10.9 Å². The standard InChI is InChI=1S/C15H10FN5OS2/c16-11-3-1-2-4-12(11)21-9-17-19-15(21)24-8-10-7-13(22)20-5-6-23-14(20)18-10/h1-7,9H,8H2. The van der Waals surface area contributed by atoms with Crippen LogP contribution < -0.4 is 5.56 Å². The third kappa shape index (κ3) is 2.72. The second-order valence-electron chi connectivity index (χ2n) is 4.86. The van der Waals surface area contributed by atoms with Gasteiger partial charge >= 0.3 is 0 Å². The molecule has 0 amide bonds. The summed E-state index contributed by atoms with van der Waals surface area (Å²) in [4.78, 5) is 17.1. The molecule has 0 N–H and O–H groups in total. The first-order valence-electron chi connectivity index (χ1n) is 6.96. The summed E-state index contributed by atoms with van der Waals surface area (Å²) in [5.74, 6) is 0.0899. The number of thiazole rings is 1. The van der Waals surface area contributed by atoms with E-state index in [1.54, 1.807) is 29.0 Å². The molecular weight excluding hydrogens is 349 g/mol. The Labute approximate surface area is 143 Å². The van der Waals surface area contributed by atoms with Crippen molar-refractivity contribution in [1.82, 2.24) is 24.1 Å². The van der Waals surface area contributed by atoms with Crippen molar-refractivity contribution in [3.8, 4) is 5.69 Å². The van der Waals surface area contributed by atoms with Gasteiger partial charge in [-0.25, -0.2) is 9.37 Å². The highest BCUT2D eigenvalue weighted by Gasteiger charge is 2.12. The van der Waals surface area contributed by atoms with Gasteiger partial charge in [0.15, 0.2) is 10.1 Å². The Balaban J connectivity index is 1.61. The van der Waals surface area contributed by atoms with E-state index >= 15 is 0 Å². The molecule has 0 aliphatic heterocycles. The maximum absolute atomic E-state index is 13.9. The van der Waals surface area contributed by atoms with Crippen LogP contribution in [0.2, 0.25) is 0 Å². The van der Waals surface area contributed by atoms with E-state index in [4.69, 9.17) is 0 Å². The van der Waals surface area contributed by atoms with Gasteiger partial charge in [0, 0.05) is 23.4 Å². The minimum Gasteiger partial charge on any atom is -0.274 e. The van der Waals surface area contributed by atoms with E-state index in [1.165, 1.54) is 46.0 Å². The van der Waals surface area contributed by atoms with Crippen molar-refractivity contribution in [3.05, 3.63) is 70.1 Å². The topological polar surface area (TPSA) is 65.1 Å². The van der Waals surface area contributed by atoms with Gasteiger partial charge in [-0.2, -0.15) is 0 Å². The molecule has 3 aromatic heterocycles. The van der Waals surface area contributed by atoms with Gasteiger partial charge in [-0.05, 0) is 12.1 Å². The van der Waals surface area contributed by atoms with Gasteiger partial charge in [0.2, 0.25) is 0 Å². The molecule has 1 aromatic carbocycles. The molecule has 0 fully saturated rings. The van der Waals surface area contributed by atoms with E-state index in [0.29, 0.717) is 27.3 Å². The van der Waals surface area contributed by atoms with Crippen LogP contribution in [0.15, 0.2) is 58.2 Å². The Bertz CT molecular complexity index is 1070. The zero-order chi connectivity index (χ0) is 16.5. The summed E-state index contributed by atoms with van der Waals surface area (Å²) in [6.07, 6.45) is 3.16. The Morgan fingerprint density at radius 2 is 2.17 bits per heavy atom. The fraction of sp³-hybridized carbons (Fsp3) is 0.0667. The predicted molar refractivity (Wildman–Crippen MR) is 90.2 cm³/mol. The lowest BCUT2D eigenvalue weighted by atomic mass is 10.3. The lowest BCUT2D eigenvalue weighted by Gasteiger charge is -2.07. The minimum absolute atomic E-state index is 0.118. The average Bonchev–Trinajstić information content (AvgIpc) is 3.22. The second-order valence-corrected chi connectivity index (χ2v) is 6.68. The molecule has 0 saturated heterocycles. The van der Waals surface area contributed by atoms with Crippen molar-refractivity contribution in [2.75, 3.05) is 0 Å². The average molecular weight is 359 g/mol. The molecule has 0 unspecified atom stereocenters. The fourth-order valence-electron chi connectivity index (χ4n) is 2.24. The van der Waals surface area contributed by atoms with Gasteiger partial charge in [0.1, 0.15) is 12.1 Å². The van der Waals surface area contributed by atoms with E-state index in [0.717, 1.165) is 0 Å². The number of thioether (sulfide) groups is 1. The Morgan fingerprint density at radius 3 is 3.04 bits per heavy atom. The summed E-state index contributed by atoms with van der Waals surface area (Å²) in [5, 5.41) is 10.2. The van der Waals surface area contributed by atoms with Crippen molar-refractivity contribution >= 4 is 28.1 Å². The summed E-state index contributed by atoms with van der Waals surface area (Å²) in [7, 11) is 0. The molecule has 0 spiro atoms. The molecule has 4 aromatic rings. The van der Waals surface area contributed by atoms with Gasteiger partial charge in [-0.15, -0.1) is 21.5 Å². The maximum atomic E-state index is 13.9. The number of para-hydroxylation sites is 1. The summed E-state index contributed by atoms with van der Waals surface area (Å²) in [6, 6.07) is 7.92. The molecule has 120 valence electrons. The van der Waals surface area contributed by atoms with Crippen molar-refractivity contribution < 1.29 is 4.39 Å². The molecule has 0 aliphatic carbocycles. The summed E-state index contributed by atoms with van der Waals surface area (Å²) in [6.45, 7) is 0. The highest BCUT2D eigenvalue weighted by atomic mass is 32.2. The molecule has 4 rings (SSSR count). The van der Waals surface area contributed by atoms with Crippen molar-refractivity contribution in [3.63, 3.8) is 0 Å². The molecular formula is C15H10FN5OS2. The van der Waals surface area contributed by atoms with Gasteiger partial charge in [0.05, 0.1) is 11.4 Å². The summed E-state index contributed by atoms with van der Waals surface area (Å²) in [5.41, 5.74) is 0.912. The van der Waals surface area contributed by atoms with E-state index < -0.39 is 0 Å². The van der Waals surface area contributed by atoms with E-state index in [1.807, 2.05) is 5.38 Å². The van der Waals surface area contributed by atoms with Crippen LogP contribution in [0, 0.1) is 5.82 Å². The number of aromatic nitrogens is 5. The zero-order valence-corrected chi connectivity index (χ0v) is 13.8. The zero-order valence-electron chi connectivity index (χ0n) is 12.2. The van der Waals surface area contributed by atoms with Gasteiger partial charge < -0.3 is 0 Å². The van der Waals surface area contributed by atoms with Crippen molar-refractivity contribution in [1.29, 1.82) is 0 Å². The van der Waals surface area contributed by atoms with Crippen LogP contribution in [0.1, 0.15) is 5.69 Å². The Morgan fingerprint density at radius 1 is 1.29 bits per heavy atom. The smallest absolute Gasteiger partial charge is 0.258 e. The van der Waals surface area contributed by atoms with Crippen LogP contribution in [0.4, 0.5) is 4.39 Å². The maximum Gasteiger partial charge on any atom is 0.258 e. The SMILES string of the molecule is O=c1cc(CSc2nncn2-c2ccccc2F)nc2sccn12. The lowest BCUT2D eigenvalue weighted by Crippen LogP contribution is -2.12. The molecule has 24 heavy (non-hydrogen) atoms. The first-order valence-corrected chi connectivity index (χ1v) is 8.82. The largest absolute Gasteiger partial charge is 0.274 e. The number of benzene rings is 1. The van der Waals surface area contributed by atoms with Crippen LogP contribution in [0.5, 0.6) is 0 Å². The molecule has 0 bridgehead atoms. The molecule has 0 radical (unpaired) electrons.